The summed E-state index contributed by atoms with van der Waals surface area (Å²) in [5, 5.41) is 3.77. The Hall–Kier alpha value is -1.70. The maximum Gasteiger partial charge on any atom is 0.248 e. The summed E-state index contributed by atoms with van der Waals surface area (Å²) in [5.41, 5.74) is 1.54. The van der Waals surface area contributed by atoms with Gasteiger partial charge in [0.05, 0.1) is 13.2 Å². The molecule has 3 rings (SSSR count). The molecule has 0 bridgehead atoms. The Balaban J connectivity index is 1.61. The molecule has 1 aromatic carbocycles. The van der Waals surface area contributed by atoms with Crippen molar-refractivity contribution >= 4 is 10.0 Å². The average molecular weight is 364 g/mol. The number of benzene rings is 1. The third kappa shape index (κ3) is 4.11. The molecule has 0 N–H and O–H groups in total. The number of hydrogen-bond donors (Lipinski definition) is 0. The number of rotatable bonds is 6. The van der Waals surface area contributed by atoms with Gasteiger partial charge in [-0.3, -0.25) is 0 Å². The van der Waals surface area contributed by atoms with Crippen molar-refractivity contribution in [1.82, 2.24) is 9.46 Å². The van der Waals surface area contributed by atoms with Crippen LogP contribution in [0, 0.1) is 19.8 Å². The van der Waals surface area contributed by atoms with Crippen molar-refractivity contribution in [3.05, 3.63) is 47.3 Å². The van der Waals surface area contributed by atoms with Gasteiger partial charge < -0.3 is 9.26 Å². The van der Waals surface area contributed by atoms with Crippen LogP contribution in [0.4, 0.5) is 0 Å². The summed E-state index contributed by atoms with van der Waals surface area (Å²) in [6.45, 7) is 5.41. The van der Waals surface area contributed by atoms with Crippen molar-refractivity contribution in [2.75, 3.05) is 19.7 Å². The highest BCUT2D eigenvalue weighted by atomic mass is 32.2. The highest BCUT2D eigenvalue weighted by molar-refractivity contribution is 7.89. The summed E-state index contributed by atoms with van der Waals surface area (Å²) in [6, 6.07) is 9.99. The molecule has 0 amide bonds. The number of nitrogens with zero attached hydrogens (tertiary/aromatic N) is 2. The van der Waals surface area contributed by atoms with Gasteiger partial charge in [-0.25, -0.2) is 8.42 Å². The molecule has 1 aromatic heterocycles. The number of hydrogen-bond acceptors (Lipinski definition) is 5. The molecule has 0 radical (unpaired) electrons. The van der Waals surface area contributed by atoms with Crippen molar-refractivity contribution in [2.24, 2.45) is 5.92 Å². The summed E-state index contributed by atoms with van der Waals surface area (Å²) in [6.07, 6.45) is 1.81. The molecule has 136 valence electrons. The highest BCUT2D eigenvalue weighted by Gasteiger charge is 2.34. The first-order chi connectivity index (χ1) is 12.0. The van der Waals surface area contributed by atoms with Crippen LogP contribution in [0.15, 0.2) is 39.8 Å². The van der Waals surface area contributed by atoms with Crippen molar-refractivity contribution in [1.29, 1.82) is 0 Å². The lowest BCUT2D eigenvalue weighted by Crippen LogP contribution is -2.41. The normalized spacial score (nSPS) is 19.2. The first-order valence-corrected chi connectivity index (χ1v) is 9.97. The number of sulfonamides is 1. The van der Waals surface area contributed by atoms with E-state index in [1.165, 1.54) is 0 Å². The second kappa shape index (κ2) is 7.68. The maximum absolute atomic E-state index is 12.9. The summed E-state index contributed by atoms with van der Waals surface area (Å²) in [5.74, 6) is 0.549. The fraction of sp³-hybridized carbons (Fsp3) is 0.500. The zero-order valence-corrected chi connectivity index (χ0v) is 15.5. The quantitative estimate of drug-likeness (QED) is 0.788. The molecular weight excluding hydrogens is 340 g/mol. The Morgan fingerprint density at radius 2 is 2.04 bits per heavy atom. The topological polar surface area (TPSA) is 72.6 Å². The van der Waals surface area contributed by atoms with Gasteiger partial charge in [0, 0.05) is 13.1 Å². The molecule has 2 aromatic rings. The van der Waals surface area contributed by atoms with Crippen LogP contribution in [0.2, 0.25) is 0 Å². The van der Waals surface area contributed by atoms with Gasteiger partial charge in [-0.1, -0.05) is 35.5 Å². The standard InChI is InChI=1S/C18H24N2O4S/c1-14-18(15(2)24-19-14)25(21,22)20-10-6-9-17(11-20)13-23-12-16-7-4-3-5-8-16/h3-5,7-8,17H,6,9-13H2,1-2H3. The molecule has 1 saturated heterocycles. The van der Waals surface area contributed by atoms with Crippen LogP contribution in [-0.2, 0) is 21.4 Å². The lowest BCUT2D eigenvalue weighted by molar-refractivity contribution is 0.0672. The Kier molecular flexibility index (Phi) is 5.56. The molecule has 7 heteroatoms. The van der Waals surface area contributed by atoms with Crippen LogP contribution in [0.25, 0.3) is 0 Å². The van der Waals surface area contributed by atoms with E-state index >= 15 is 0 Å². The summed E-state index contributed by atoms with van der Waals surface area (Å²) in [4.78, 5) is 0.207. The lowest BCUT2D eigenvalue weighted by atomic mass is 10.0. The van der Waals surface area contributed by atoms with Crippen LogP contribution in [0.1, 0.15) is 29.9 Å². The van der Waals surface area contributed by atoms with E-state index in [0.717, 1.165) is 18.4 Å². The Morgan fingerprint density at radius 3 is 2.72 bits per heavy atom. The molecule has 0 saturated carbocycles. The van der Waals surface area contributed by atoms with Crippen LogP contribution in [0.3, 0.4) is 0 Å². The van der Waals surface area contributed by atoms with Crippen molar-refractivity contribution in [2.45, 2.75) is 38.2 Å². The van der Waals surface area contributed by atoms with Gasteiger partial charge in [0.1, 0.15) is 10.6 Å². The second-order valence-electron chi connectivity index (χ2n) is 6.53. The predicted molar refractivity (Wildman–Crippen MR) is 93.6 cm³/mol. The molecular formula is C18H24N2O4S. The van der Waals surface area contributed by atoms with E-state index < -0.39 is 10.0 Å². The van der Waals surface area contributed by atoms with E-state index in [4.69, 9.17) is 9.26 Å². The van der Waals surface area contributed by atoms with Gasteiger partial charge in [0.15, 0.2) is 5.76 Å². The molecule has 1 atom stereocenters. The lowest BCUT2D eigenvalue weighted by Gasteiger charge is -2.31. The number of ether oxygens (including phenoxy) is 1. The second-order valence-corrected chi connectivity index (χ2v) is 8.40. The maximum atomic E-state index is 12.9. The minimum atomic E-state index is -3.57. The third-order valence-corrected chi connectivity index (χ3v) is 6.62. The van der Waals surface area contributed by atoms with Crippen LogP contribution in [-0.4, -0.2) is 37.6 Å². The van der Waals surface area contributed by atoms with Crippen molar-refractivity contribution in [3.63, 3.8) is 0 Å². The SMILES string of the molecule is Cc1noc(C)c1S(=O)(=O)N1CCCC(COCc2ccccc2)C1. The largest absolute Gasteiger partial charge is 0.376 e. The molecule has 1 aliphatic rings. The molecule has 25 heavy (non-hydrogen) atoms. The van der Waals surface area contributed by atoms with E-state index in [1.54, 1.807) is 18.2 Å². The van der Waals surface area contributed by atoms with E-state index in [1.807, 2.05) is 30.3 Å². The monoisotopic (exact) mass is 364 g/mol. The molecule has 2 heterocycles. The smallest absolute Gasteiger partial charge is 0.248 e. The molecule has 1 unspecified atom stereocenters. The average Bonchev–Trinajstić information content (AvgIpc) is 2.95. The Bertz CT molecular complexity index is 782. The van der Waals surface area contributed by atoms with Crippen molar-refractivity contribution in [3.8, 4) is 0 Å². The molecule has 6 nitrogen and oxygen atoms in total. The van der Waals surface area contributed by atoms with Gasteiger partial charge in [-0.05, 0) is 38.2 Å². The summed E-state index contributed by atoms with van der Waals surface area (Å²) >= 11 is 0. The van der Waals surface area contributed by atoms with E-state index in [2.05, 4.69) is 5.16 Å². The van der Waals surface area contributed by atoms with E-state index in [-0.39, 0.29) is 10.8 Å². The van der Waals surface area contributed by atoms with Gasteiger partial charge >= 0.3 is 0 Å². The minimum absolute atomic E-state index is 0.202. The van der Waals surface area contributed by atoms with Gasteiger partial charge in [-0.15, -0.1) is 0 Å². The molecule has 1 fully saturated rings. The zero-order valence-electron chi connectivity index (χ0n) is 14.6. The zero-order chi connectivity index (χ0) is 17.9. The van der Waals surface area contributed by atoms with Crippen LogP contribution < -0.4 is 0 Å². The predicted octanol–water partition coefficient (Wildman–Crippen LogP) is 2.91. The van der Waals surface area contributed by atoms with E-state index in [0.29, 0.717) is 37.8 Å². The van der Waals surface area contributed by atoms with Crippen LogP contribution >= 0.6 is 0 Å². The van der Waals surface area contributed by atoms with Crippen LogP contribution in [0.5, 0.6) is 0 Å². The summed E-state index contributed by atoms with van der Waals surface area (Å²) < 4.78 is 38.2. The number of aromatic nitrogens is 1. The number of aryl methyl sites for hydroxylation is 2. The number of piperidine rings is 1. The first kappa shape index (κ1) is 18.1. The Morgan fingerprint density at radius 1 is 1.28 bits per heavy atom. The minimum Gasteiger partial charge on any atom is -0.376 e. The summed E-state index contributed by atoms with van der Waals surface area (Å²) in [7, 11) is -3.57. The molecule has 0 aliphatic carbocycles. The van der Waals surface area contributed by atoms with Gasteiger partial charge in [0.25, 0.3) is 0 Å². The first-order valence-electron chi connectivity index (χ1n) is 8.53. The highest BCUT2D eigenvalue weighted by Crippen LogP contribution is 2.27. The fourth-order valence-corrected chi connectivity index (χ4v) is 5.12. The molecule has 0 spiro atoms. The Labute approximate surface area is 148 Å². The van der Waals surface area contributed by atoms with Gasteiger partial charge in [0.2, 0.25) is 10.0 Å². The third-order valence-electron chi connectivity index (χ3n) is 4.51. The van der Waals surface area contributed by atoms with Crippen molar-refractivity contribution < 1.29 is 17.7 Å². The fourth-order valence-electron chi connectivity index (χ4n) is 3.27. The van der Waals surface area contributed by atoms with Gasteiger partial charge in [-0.2, -0.15) is 4.31 Å². The molecule has 1 aliphatic heterocycles. The van der Waals surface area contributed by atoms with E-state index in [9.17, 15) is 8.42 Å².